The first-order valence-electron chi connectivity index (χ1n) is 1.48. The van der Waals surface area contributed by atoms with E-state index in [0.717, 1.165) is 5.20 Å². The summed E-state index contributed by atoms with van der Waals surface area (Å²) in [4.78, 5) is 0. The van der Waals surface area contributed by atoms with Crippen LogP contribution in [-0.2, 0) is 4.43 Å². The Morgan fingerprint density at radius 3 is 2.33 bits per heavy atom. The lowest BCUT2D eigenvalue weighted by atomic mass is 10.7. The second kappa shape index (κ2) is 3.17. The SMILES string of the molecule is C/C([Si])=C/O[Si]. The zero-order valence-electron chi connectivity index (χ0n) is 3.49. The lowest BCUT2D eigenvalue weighted by Gasteiger charge is -1.84. The zero-order chi connectivity index (χ0) is 4.99. The van der Waals surface area contributed by atoms with Crippen LogP contribution in [0.5, 0.6) is 0 Å². The molecule has 0 aromatic heterocycles. The van der Waals surface area contributed by atoms with Crippen molar-refractivity contribution in [3.05, 3.63) is 11.5 Å². The molecular weight excluding hydrogens is 108 g/mol. The van der Waals surface area contributed by atoms with Crippen molar-refractivity contribution in [3.63, 3.8) is 0 Å². The topological polar surface area (TPSA) is 9.23 Å². The normalized spacial score (nSPS) is 11.5. The zero-order valence-corrected chi connectivity index (χ0v) is 5.49. The van der Waals surface area contributed by atoms with Gasteiger partial charge < -0.3 is 4.43 Å². The molecule has 0 saturated heterocycles. The molecule has 0 heterocycles. The number of allylic oxidation sites excluding steroid dienone is 1. The van der Waals surface area contributed by atoms with Gasteiger partial charge in [0, 0.05) is 0 Å². The number of hydrogen-bond donors (Lipinski definition) is 0. The predicted molar refractivity (Wildman–Crippen MR) is 26.3 cm³/mol. The molecule has 0 amide bonds. The number of hydrogen-bond acceptors (Lipinski definition) is 1. The average Bonchev–Trinajstić information content (AvgIpc) is 1.35. The molecule has 0 aliphatic rings. The van der Waals surface area contributed by atoms with Crippen LogP contribution in [0.15, 0.2) is 11.5 Å². The third-order valence-corrected chi connectivity index (χ3v) is 0.471. The fourth-order valence-electron chi connectivity index (χ4n) is 0.0884. The van der Waals surface area contributed by atoms with Crippen LogP contribution in [-0.4, -0.2) is 20.7 Å². The van der Waals surface area contributed by atoms with Gasteiger partial charge in [-0.25, -0.2) is 0 Å². The molecule has 0 fully saturated rings. The highest BCUT2D eigenvalue weighted by molar-refractivity contribution is 6.21. The first-order valence-corrected chi connectivity index (χ1v) is 2.39. The summed E-state index contributed by atoms with van der Waals surface area (Å²) < 4.78 is 4.40. The van der Waals surface area contributed by atoms with Gasteiger partial charge in [-0.3, -0.25) is 0 Å². The van der Waals surface area contributed by atoms with Crippen molar-refractivity contribution in [2.24, 2.45) is 0 Å². The van der Waals surface area contributed by atoms with E-state index in [2.05, 4.69) is 25.2 Å². The molecule has 0 aromatic rings. The van der Waals surface area contributed by atoms with E-state index in [0.29, 0.717) is 0 Å². The van der Waals surface area contributed by atoms with E-state index in [-0.39, 0.29) is 0 Å². The summed E-state index contributed by atoms with van der Waals surface area (Å²) >= 11 is 0. The van der Waals surface area contributed by atoms with Gasteiger partial charge >= 0.3 is 10.5 Å². The minimum Gasteiger partial charge on any atom is -0.546 e. The molecule has 6 heavy (non-hydrogen) atoms. The Labute approximate surface area is 44.4 Å². The average molecular weight is 112 g/mol. The summed E-state index contributed by atoms with van der Waals surface area (Å²) in [7, 11) is 5.97. The van der Waals surface area contributed by atoms with Crippen molar-refractivity contribution in [2.75, 3.05) is 0 Å². The van der Waals surface area contributed by atoms with Crippen molar-refractivity contribution < 1.29 is 4.43 Å². The summed E-state index contributed by atoms with van der Waals surface area (Å²) in [5, 5.41) is 0.949. The number of rotatable bonds is 1. The lowest BCUT2D eigenvalue weighted by Crippen LogP contribution is -1.73. The van der Waals surface area contributed by atoms with Gasteiger partial charge in [-0.1, -0.05) is 5.20 Å². The second-order valence-electron chi connectivity index (χ2n) is 0.919. The Bertz CT molecular complexity index is 55.8. The molecule has 0 saturated carbocycles. The lowest BCUT2D eigenvalue weighted by molar-refractivity contribution is 0.532. The molecule has 6 radical (unpaired) electrons. The van der Waals surface area contributed by atoms with E-state index in [4.69, 9.17) is 0 Å². The van der Waals surface area contributed by atoms with Crippen LogP contribution < -0.4 is 0 Å². The first-order chi connectivity index (χ1) is 2.77. The molecule has 0 atom stereocenters. The molecule has 0 rings (SSSR count). The third-order valence-electron chi connectivity index (χ3n) is 0.236. The molecule has 0 unspecified atom stereocenters. The largest absolute Gasteiger partial charge is 0.546 e. The van der Waals surface area contributed by atoms with E-state index in [1.807, 2.05) is 6.92 Å². The van der Waals surface area contributed by atoms with E-state index in [9.17, 15) is 0 Å². The van der Waals surface area contributed by atoms with Gasteiger partial charge in [0.15, 0.2) is 0 Å². The van der Waals surface area contributed by atoms with Gasteiger partial charge in [0.25, 0.3) is 0 Å². The van der Waals surface area contributed by atoms with Gasteiger partial charge in [-0.15, -0.1) is 0 Å². The van der Waals surface area contributed by atoms with Crippen molar-refractivity contribution >= 4 is 20.7 Å². The maximum Gasteiger partial charge on any atom is 0.340 e. The molecule has 0 aliphatic carbocycles. The Morgan fingerprint density at radius 1 is 1.83 bits per heavy atom. The molecular formula is C3H4OSi2. The summed E-state index contributed by atoms with van der Waals surface area (Å²) in [6.07, 6.45) is 1.54. The van der Waals surface area contributed by atoms with Gasteiger partial charge in [0.2, 0.25) is 0 Å². The maximum absolute atomic E-state index is 4.40. The summed E-state index contributed by atoms with van der Waals surface area (Å²) in [6.45, 7) is 1.87. The van der Waals surface area contributed by atoms with Crippen LogP contribution in [0.1, 0.15) is 6.92 Å². The van der Waals surface area contributed by atoms with Crippen molar-refractivity contribution in [3.8, 4) is 0 Å². The molecule has 0 N–H and O–H groups in total. The van der Waals surface area contributed by atoms with Crippen molar-refractivity contribution in [2.45, 2.75) is 6.92 Å². The first kappa shape index (κ1) is 5.97. The van der Waals surface area contributed by atoms with E-state index >= 15 is 0 Å². The maximum atomic E-state index is 4.40. The van der Waals surface area contributed by atoms with Gasteiger partial charge in [0.1, 0.15) is 0 Å². The Morgan fingerprint density at radius 2 is 2.33 bits per heavy atom. The van der Waals surface area contributed by atoms with E-state index in [1.165, 1.54) is 6.26 Å². The van der Waals surface area contributed by atoms with Gasteiger partial charge in [-0.05, 0) is 6.92 Å². The van der Waals surface area contributed by atoms with Crippen molar-refractivity contribution in [1.82, 2.24) is 0 Å². The van der Waals surface area contributed by atoms with E-state index in [1.54, 1.807) is 0 Å². The van der Waals surface area contributed by atoms with Gasteiger partial charge in [-0.2, -0.15) is 0 Å². The molecule has 0 aliphatic heterocycles. The van der Waals surface area contributed by atoms with E-state index < -0.39 is 0 Å². The monoisotopic (exact) mass is 112 g/mol. The highest BCUT2D eigenvalue weighted by Crippen LogP contribution is 1.78. The van der Waals surface area contributed by atoms with Crippen LogP contribution in [0.3, 0.4) is 0 Å². The second-order valence-corrected chi connectivity index (χ2v) is 1.94. The standard InChI is InChI=1S/C3H4OSi2/c1-3(5)2-4-6/h2H,1H3/b3-2-. The molecule has 3 heteroatoms. The molecule has 0 spiro atoms. The Kier molecular flexibility index (Phi) is 3.16. The third kappa shape index (κ3) is 3.97. The predicted octanol–water partition coefficient (Wildman–Crippen LogP) is 0.116. The minimum absolute atomic E-state index is 0.949. The Hall–Kier alpha value is -0.0262. The molecule has 1 nitrogen and oxygen atoms in total. The fraction of sp³-hybridized carbons (Fsp3) is 0.333. The molecule has 30 valence electrons. The van der Waals surface area contributed by atoms with Crippen LogP contribution >= 0.6 is 0 Å². The van der Waals surface area contributed by atoms with Crippen LogP contribution in [0, 0.1) is 0 Å². The smallest absolute Gasteiger partial charge is 0.340 e. The van der Waals surface area contributed by atoms with Crippen molar-refractivity contribution in [1.29, 1.82) is 0 Å². The van der Waals surface area contributed by atoms with Crippen LogP contribution in [0.2, 0.25) is 0 Å². The highest BCUT2D eigenvalue weighted by Gasteiger charge is 1.68. The summed E-state index contributed by atoms with van der Waals surface area (Å²) in [5.41, 5.74) is 0. The molecule has 0 aromatic carbocycles. The summed E-state index contributed by atoms with van der Waals surface area (Å²) in [5.74, 6) is 0. The summed E-state index contributed by atoms with van der Waals surface area (Å²) in [6, 6.07) is 0. The Balaban J connectivity index is 3.14. The minimum atomic E-state index is 0.949. The fourth-order valence-corrected chi connectivity index (χ4v) is 0.442. The van der Waals surface area contributed by atoms with Crippen LogP contribution in [0.25, 0.3) is 0 Å². The van der Waals surface area contributed by atoms with Gasteiger partial charge in [0.05, 0.1) is 16.5 Å². The van der Waals surface area contributed by atoms with Crippen LogP contribution in [0.4, 0.5) is 0 Å². The molecule has 0 bridgehead atoms. The highest BCUT2D eigenvalue weighted by atomic mass is 28.2. The quantitative estimate of drug-likeness (QED) is 0.346.